The maximum Gasteiger partial charge on any atom is 0.137 e. The molecular formula is C10H14ClN3S2. The van der Waals surface area contributed by atoms with Gasteiger partial charge in [0.2, 0.25) is 0 Å². The molecule has 1 aliphatic heterocycles. The van der Waals surface area contributed by atoms with Crippen LogP contribution in [0.3, 0.4) is 0 Å². The third kappa shape index (κ3) is 3.18. The Morgan fingerprint density at radius 3 is 3.12 bits per heavy atom. The van der Waals surface area contributed by atoms with Crippen molar-refractivity contribution in [2.45, 2.75) is 12.2 Å². The maximum atomic E-state index is 5.93. The van der Waals surface area contributed by atoms with Crippen LogP contribution in [-0.4, -0.2) is 39.0 Å². The number of aromatic nitrogens is 2. The van der Waals surface area contributed by atoms with Gasteiger partial charge < -0.3 is 5.32 Å². The molecule has 88 valence electrons. The molecule has 0 spiro atoms. The predicted molar refractivity (Wildman–Crippen MR) is 73.8 cm³/mol. The lowest BCUT2D eigenvalue weighted by Gasteiger charge is -2.21. The first kappa shape index (κ1) is 12.3. The highest BCUT2D eigenvalue weighted by molar-refractivity contribution is 8.06. The van der Waals surface area contributed by atoms with E-state index in [0.717, 1.165) is 17.9 Å². The minimum Gasteiger partial charge on any atom is -0.369 e. The number of nitrogens with zero attached hydrogens (tertiary/aromatic N) is 2. The van der Waals surface area contributed by atoms with E-state index in [9.17, 15) is 0 Å². The van der Waals surface area contributed by atoms with E-state index >= 15 is 0 Å². The molecule has 1 aromatic rings. The number of nitrogens with one attached hydrogen (secondary N) is 1. The number of hydrogen-bond donors (Lipinski definition) is 1. The molecule has 16 heavy (non-hydrogen) atoms. The minimum absolute atomic E-state index is 0.531. The van der Waals surface area contributed by atoms with Crippen molar-refractivity contribution >= 4 is 40.9 Å². The second-order valence-corrected chi connectivity index (χ2v) is 6.50. The van der Waals surface area contributed by atoms with Crippen LogP contribution in [0.4, 0.5) is 5.82 Å². The van der Waals surface area contributed by atoms with Crippen molar-refractivity contribution in [1.82, 2.24) is 9.97 Å². The van der Waals surface area contributed by atoms with Crippen LogP contribution < -0.4 is 5.32 Å². The van der Waals surface area contributed by atoms with Gasteiger partial charge in [0, 0.05) is 34.6 Å². The second-order valence-electron chi connectivity index (χ2n) is 3.59. The van der Waals surface area contributed by atoms with Gasteiger partial charge in [0.1, 0.15) is 17.3 Å². The molecule has 3 nitrogen and oxygen atoms in total. The molecule has 6 heteroatoms. The van der Waals surface area contributed by atoms with Crippen molar-refractivity contribution in [3.63, 3.8) is 0 Å². The molecule has 1 fully saturated rings. The van der Waals surface area contributed by atoms with Crippen molar-refractivity contribution in [2.75, 3.05) is 29.1 Å². The first-order chi connectivity index (χ1) is 7.77. The Hall–Kier alpha value is -0.130. The van der Waals surface area contributed by atoms with Crippen LogP contribution in [0.1, 0.15) is 5.56 Å². The zero-order valence-electron chi connectivity index (χ0n) is 9.07. The lowest BCUT2D eigenvalue weighted by atomic mass is 10.3. The Kier molecular flexibility index (Phi) is 4.61. The Balaban J connectivity index is 1.91. The van der Waals surface area contributed by atoms with E-state index < -0.39 is 0 Å². The predicted octanol–water partition coefficient (Wildman–Crippen LogP) is 2.70. The maximum absolute atomic E-state index is 5.93. The second kappa shape index (κ2) is 5.98. The van der Waals surface area contributed by atoms with Gasteiger partial charge in [-0.25, -0.2) is 9.97 Å². The molecule has 1 atom stereocenters. The summed E-state index contributed by atoms with van der Waals surface area (Å²) in [6.07, 6.45) is 1.50. The molecular weight excluding hydrogens is 262 g/mol. The van der Waals surface area contributed by atoms with E-state index in [1.165, 1.54) is 23.6 Å². The van der Waals surface area contributed by atoms with E-state index in [2.05, 4.69) is 15.3 Å². The van der Waals surface area contributed by atoms with Gasteiger partial charge in [0.15, 0.2) is 0 Å². The molecule has 1 unspecified atom stereocenters. The number of hydrogen-bond acceptors (Lipinski definition) is 5. The van der Waals surface area contributed by atoms with E-state index in [0.29, 0.717) is 10.4 Å². The minimum atomic E-state index is 0.531. The van der Waals surface area contributed by atoms with Crippen LogP contribution in [0.2, 0.25) is 5.15 Å². The molecule has 0 aromatic carbocycles. The van der Waals surface area contributed by atoms with Gasteiger partial charge in [-0.1, -0.05) is 11.6 Å². The fourth-order valence-corrected chi connectivity index (χ4v) is 4.22. The van der Waals surface area contributed by atoms with E-state index in [-0.39, 0.29) is 0 Å². The van der Waals surface area contributed by atoms with Gasteiger partial charge in [-0.15, -0.1) is 0 Å². The smallest absolute Gasteiger partial charge is 0.137 e. The zero-order chi connectivity index (χ0) is 11.4. The fraction of sp³-hybridized carbons (Fsp3) is 0.600. The van der Waals surface area contributed by atoms with Crippen LogP contribution in [0.25, 0.3) is 0 Å². The Bertz CT molecular complexity index is 356. The monoisotopic (exact) mass is 275 g/mol. The highest BCUT2D eigenvalue weighted by atomic mass is 35.5. The van der Waals surface area contributed by atoms with Crippen LogP contribution >= 0.6 is 35.1 Å². The summed E-state index contributed by atoms with van der Waals surface area (Å²) >= 11 is 9.99. The van der Waals surface area contributed by atoms with Gasteiger partial charge >= 0.3 is 0 Å². The normalized spacial score (nSPS) is 20.8. The molecule has 2 rings (SSSR count). The molecule has 1 aliphatic rings. The van der Waals surface area contributed by atoms with Crippen molar-refractivity contribution in [1.29, 1.82) is 0 Å². The van der Waals surface area contributed by atoms with Crippen molar-refractivity contribution in [3.8, 4) is 0 Å². The highest BCUT2D eigenvalue weighted by Crippen LogP contribution is 2.25. The van der Waals surface area contributed by atoms with Crippen LogP contribution in [0, 0.1) is 6.92 Å². The quantitative estimate of drug-likeness (QED) is 0.859. The number of anilines is 1. The molecule has 0 radical (unpaired) electrons. The third-order valence-electron chi connectivity index (χ3n) is 2.40. The van der Waals surface area contributed by atoms with Crippen molar-refractivity contribution in [2.24, 2.45) is 0 Å². The summed E-state index contributed by atoms with van der Waals surface area (Å²) in [7, 11) is 0. The Morgan fingerprint density at radius 1 is 1.50 bits per heavy atom. The molecule has 2 heterocycles. The largest absolute Gasteiger partial charge is 0.369 e. The van der Waals surface area contributed by atoms with Gasteiger partial charge in [-0.05, 0) is 6.92 Å². The first-order valence-corrected chi connectivity index (χ1v) is 7.76. The summed E-state index contributed by atoms with van der Waals surface area (Å²) in [5.74, 6) is 4.60. The summed E-state index contributed by atoms with van der Waals surface area (Å²) < 4.78 is 0. The Labute approximate surface area is 109 Å². The topological polar surface area (TPSA) is 37.8 Å². The number of rotatable bonds is 3. The molecule has 0 amide bonds. The SMILES string of the molecule is Cc1c(Cl)ncnc1NCC1CSCCS1. The summed E-state index contributed by atoms with van der Waals surface area (Å²) in [6.45, 7) is 2.89. The average Bonchev–Trinajstić information content (AvgIpc) is 2.32. The molecule has 0 saturated carbocycles. The number of thioether (sulfide) groups is 2. The van der Waals surface area contributed by atoms with Gasteiger partial charge in [0.25, 0.3) is 0 Å². The standard InChI is InChI=1S/C10H14ClN3S2/c1-7-9(11)13-6-14-10(7)12-4-8-5-15-2-3-16-8/h6,8H,2-5H2,1H3,(H,12,13,14). The molecule has 1 N–H and O–H groups in total. The van der Waals surface area contributed by atoms with Gasteiger partial charge in [0.05, 0.1) is 0 Å². The summed E-state index contributed by atoms with van der Waals surface area (Å²) in [5, 5.41) is 4.56. The van der Waals surface area contributed by atoms with E-state index in [1.807, 2.05) is 30.4 Å². The van der Waals surface area contributed by atoms with E-state index in [4.69, 9.17) is 11.6 Å². The van der Waals surface area contributed by atoms with E-state index in [1.54, 1.807) is 0 Å². The first-order valence-electron chi connectivity index (χ1n) is 5.17. The zero-order valence-corrected chi connectivity index (χ0v) is 11.5. The Morgan fingerprint density at radius 2 is 2.38 bits per heavy atom. The van der Waals surface area contributed by atoms with Crippen LogP contribution in [0.5, 0.6) is 0 Å². The third-order valence-corrected chi connectivity index (χ3v) is 5.63. The summed E-state index contributed by atoms with van der Waals surface area (Å²) in [4.78, 5) is 8.14. The summed E-state index contributed by atoms with van der Waals surface area (Å²) in [6, 6.07) is 0. The molecule has 1 saturated heterocycles. The van der Waals surface area contributed by atoms with Crippen LogP contribution in [-0.2, 0) is 0 Å². The molecule has 1 aromatic heterocycles. The number of halogens is 1. The average molecular weight is 276 g/mol. The van der Waals surface area contributed by atoms with Crippen molar-refractivity contribution < 1.29 is 0 Å². The fourth-order valence-electron chi connectivity index (χ4n) is 1.47. The lowest BCUT2D eigenvalue weighted by molar-refractivity contribution is 0.980. The van der Waals surface area contributed by atoms with Crippen molar-refractivity contribution in [3.05, 3.63) is 17.0 Å². The van der Waals surface area contributed by atoms with Gasteiger partial charge in [-0.3, -0.25) is 0 Å². The molecule has 0 aliphatic carbocycles. The lowest BCUT2D eigenvalue weighted by Crippen LogP contribution is -2.23. The highest BCUT2D eigenvalue weighted by Gasteiger charge is 2.14. The molecule has 0 bridgehead atoms. The van der Waals surface area contributed by atoms with Crippen LogP contribution in [0.15, 0.2) is 6.33 Å². The van der Waals surface area contributed by atoms with Gasteiger partial charge in [-0.2, -0.15) is 23.5 Å². The summed E-state index contributed by atoms with van der Waals surface area (Å²) in [5.41, 5.74) is 0.928.